The van der Waals surface area contributed by atoms with Gasteiger partial charge in [-0.1, -0.05) is 6.07 Å². The highest BCUT2D eigenvalue weighted by atomic mass is 32.1. The van der Waals surface area contributed by atoms with Gasteiger partial charge in [0.15, 0.2) is 10.8 Å². The molecule has 0 bridgehead atoms. The summed E-state index contributed by atoms with van der Waals surface area (Å²) in [5.74, 6) is -0.182. The number of hydrogen-bond donors (Lipinski definition) is 1. The van der Waals surface area contributed by atoms with Gasteiger partial charge in [-0.05, 0) is 31.5 Å². The van der Waals surface area contributed by atoms with Crippen LogP contribution in [-0.4, -0.2) is 30.6 Å². The summed E-state index contributed by atoms with van der Waals surface area (Å²) in [5.41, 5.74) is 1.58. The van der Waals surface area contributed by atoms with E-state index in [1.54, 1.807) is 37.6 Å². The third-order valence-electron chi connectivity index (χ3n) is 2.88. The first kappa shape index (κ1) is 16.0. The van der Waals surface area contributed by atoms with Gasteiger partial charge in [0.05, 0.1) is 13.7 Å². The smallest absolute Gasteiger partial charge is 0.357 e. The maximum Gasteiger partial charge on any atom is 0.357 e. The molecule has 7 heteroatoms. The zero-order chi connectivity index (χ0) is 16.1. The molecule has 1 aromatic carbocycles. The topological polar surface area (TPSA) is 77.5 Å². The number of rotatable bonds is 5. The second kappa shape index (κ2) is 7.04. The fourth-order valence-corrected chi connectivity index (χ4v) is 2.44. The highest BCUT2D eigenvalue weighted by Gasteiger charge is 2.14. The Morgan fingerprint density at radius 1 is 1.36 bits per heavy atom. The number of carbonyl (C=O) groups excluding carboxylic acids is 2. The zero-order valence-electron chi connectivity index (χ0n) is 12.5. The van der Waals surface area contributed by atoms with Crippen LogP contribution in [0.25, 0.3) is 0 Å². The van der Waals surface area contributed by atoms with Crippen molar-refractivity contribution in [1.29, 1.82) is 0 Å². The van der Waals surface area contributed by atoms with Crippen molar-refractivity contribution in [2.45, 2.75) is 13.8 Å². The Morgan fingerprint density at radius 3 is 2.82 bits per heavy atom. The minimum absolute atomic E-state index is 0.184. The highest BCUT2D eigenvalue weighted by Crippen LogP contribution is 2.21. The number of anilines is 1. The maximum absolute atomic E-state index is 12.2. The molecule has 22 heavy (non-hydrogen) atoms. The van der Waals surface area contributed by atoms with Gasteiger partial charge in [0.25, 0.3) is 5.91 Å². The number of nitrogens with zero attached hydrogens (tertiary/aromatic N) is 1. The molecule has 1 amide bonds. The molecule has 2 rings (SSSR count). The lowest BCUT2D eigenvalue weighted by atomic mass is 10.1. The molecule has 0 saturated carbocycles. The van der Waals surface area contributed by atoms with Crippen LogP contribution in [0.3, 0.4) is 0 Å². The second-order valence-corrected chi connectivity index (χ2v) is 5.25. The molecule has 0 aliphatic rings. The van der Waals surface area contributed by atoms with Crippen molar-refractivity contribution >= 4 is 28.3 Å². The van der Waals surface area contributed by atoms with E-state index in [2.05, 4.69) is 10.3 Å². The summed E-state index contributed by atoms with van der Waals surface area (Å²) < 4.78 is 10.0. The first-order valence-corrected chi connectivity index (χ1v) is 7.51. The lowest BCUT2D eigenvalue weighted by Crippen LogP contribution is -2.12. The van der Waals surface area contributed by atoms with Crippen LogP contribution in [0.1, 0.15) is 33.3 Å². The van der Waals surface area contributed by atoms with Crippen molar-refractivity contribution in [3.8, 4) is 5.75 Å². The number of aromatic nitrogens is 1. The van der Waals surface area contributed by atoms with Gasteiger partial charge in [0, 0.05) is 10.9 Å². The molecule has 0 atom stereocenters. The Labute approximate surface area is 132 Å². The average molecular weight is 320 g/mol. The summed E-state index contributed by atoms with van der Waals surface area (Å²) in [6, 6.07) is 5.16. The maximum atomic E-state index is 12.2. The van der Waals surface area contributed by atoms with Crippen LogP contribution in [0.15, 0.2) is 23.6 Å². The van der Waals surface area contributed by atoms with Crippen molar-refractivity contribution in [1.82, 2.24) is 4.98 Å². The molecule has 1 aromatic heterocycles. The zero-order valence-corrected chi connectivity index (χ0v) is 13.3. The van der Waals surface area contributed by atoms with E-state index >= 15 is 0 Å². The Bertz CT molecular complexity index is 697. The normalized spacial score (nSPS) is 10.1. The lowest BCUT2D eigenvalue weighted by molar-refractivity contribution is 0.0520. The average Bonchev–Trinajstić information content (AvgIpc) is 2.96. The minimum Gasteiger partial charge on any atom is -0.496 e. The Balaban J connectivity index is 2.10. The molecule has 116 valence electrons. The number of hydrogen-bond acceptors (Lipinski definition) is 6. The molecule has 1 heterocycles. The molecule has 0 saturated heterocycles. The van der Waals surface area contributed by atoms with E-state index < -0.39 is 5.97 Å². The number of esters is 1. The fraction of sp³-hybridized carbons (Fsp3) is 0.267. The summed E-state index contributed by atoms with van der Waals surface area (Å²) in [6.45, 7) is 3.89. The predicted molar refractivity (Wildman–Crippen MR) is 83.8 cm³/mol. The van der Waals surface area contributed by atoms with Crippen LogP contribution < -0.4 is 10.1 Å². The van der Waals surface area contributed by atoms with Crippen LogP contribution in [-0.2, 0) is 4.74 Å². The van der Waals surface area contributed by atoms with Gasteiger partial charge in [-0.25, -0.2) is 9.78 Å². The Kier molecular flexibility index (Phi) is 5.11. The SMILES string of the molecule is CCOC(=O)c1csc(NC(=O)c2ccc(C)c(OC)c2)n1. The van der Waals surface area contributed by atoms with E-state index in [1.165, 1.54) is 0 Å². The van der Waals surface area contributed by atoms with Gasteiger partial charge in [-0.15, -0.1) is 11.3 Å². The molecule has 0 aliphatic carbocycles. The molecule has 6 nitrogen and oxygen atoms in total. The van der Waals surface area contributed by atoms with Crippen molar-refractivity contribution in [3.63, 3.8) is 0 Å². The van der Waals surface area contributed by atoms with E-state index in [1.807, 2.05) is 6.92 Å². The Morgan fingerprint density at radius 2 is 2.14 bits per heavy atom. The van der Waals surface area contributed by atoms with Crippen molar-refractivity contribution < 1.29 is 19.1 Å². The standard InChI is InChI=1S/C15H16N2O4S/c1-4-21-14(19)11-8-22-15(16-11)17-13(18)10-6-5-9(2)12(7-10)20-3/h5-8H,4H2,1-3H3,(H,16,17,18). The summed E-state index contributed by atoms with van der Waals surface area (Å²) >= 11 is 1.16. The minimum atomic E-state index is -0.503. The third-order valence-corrected chi connectivity index (χ3v) is 3.64. The molecule has 0 aliphatic heterocycles. The summed E-state index contributed by atoms with van der Waals surface area (Å²) in [7, 11) is 1.55. The van der Waals surface area contributed by atoms with Gasteiger partial charge in [-0.2, -0.15) is 0 Å². The van der Waals surface area contributed by atoms with Gasteiger partial charge in [0.2, 0.25) is 0 Å². The highest BCUT2D eigenvalue weighted by molar-refractivity contribution is 7.14. The van der Waals surface area contributed by atoms with Crippen LogP contribution in [0, 0.1) is 6.92 Å². The lowest BCUT2D eigenvalue weighted by Gasteiger charge is -2.07. The number of carbonyl (C=O) groups is 2. The first-order chi connectivity index (χ1) is 10.5. The van der Waals surface area contributed by atoms with Crippen LogP contribution in [0.2, 0.25) is 0 Å². The molecule has 0 fully saturated rings. The molecule has 0 unspecified atom stereocenters. The predicted octanol–water partition coefficient (Wildman–Crippen LogP) is 2.89. The van der Waals surface area contributed by atoms with Crippen LogP contribution in [0.4, 0.5) is 5.13 Å². The second-order valence-electron chi connectivity index (χ2n) is 4.40. The number of nitrogens with one attached hydrogen (secondary N) is 1. The number of aryl methyl sites for hydroxylation is 1. The van der Waals surface area contributed by atoms with Crippen LogP contribution >= 0.6 is 11.3 Å². The summed E-state index contributed by atoms with van der Waals surface area (Å²) in [5, 5.41) is 4.54. The monoisotopic (exact) mass is 320 g/mol. The van der Waals surface area contributed by atoms with Gasteiger partial charge >= 0.3 is 5.97 Å². The molecule has 0 radical (unpaired) electrons. The number of benzene rings is 1. The van der Waals surface area contributed by atoms with E-state index in [0.29, 0.717) is 16.4 Å². The van der Waals surface area contributed by atoms with Crippen molar-refractivity contribution in [3.05, 3.63) is 40.4 Å². The van der Waals surface area contributed by atoms with Gasteiger partial charge < -0.3 is 9.47 Å². The largest absolute Gasteiger partial charge is 0.496 e. The van der Waals surface area contributed by atoms with E-state index in [9.17, 15) is 9.59 Å². The Hall–Kier alpha value is -2.41. The summed E-state index contributed by atoms with van der Waals surface area (Å²) in [6.07, 6.45) is 0. The molecular formula is C15H16N2O4S. The quantitative estimate of drug-likeness (QED) is 0.857. The van der Waals surface area contributed by atoms with Gasteiger partial charge in [0.1, 0.15) is 5.75 Å². The van der Waals surface area contributed by atoms with Crippen molar-refractivity contribution in [2.75, 3.05) is 19.0 Å². The van der Waals surface area contributed by atoms with Crippen molar-refractivity contribution in [2.24, 2.45) is 0 Å². The third kappa shape index (κ3) is 3.62. The van der Waals surface area contributed by atoms with E-state index in [4.69, 9.17) is 9.47 Å². The van der Waals surface area contributed by atoms with E-state index in [-0.39, 0.29) is 18.2 Å². The number of methoxy groups -OCH3 is 1. The number of ether oxygens (including phenoxy) is 2. The molecule has 2 aromatic rings. The number of amides is 1. The molecule has 1 N–H and O–H groups in total. The van der Waals surface area contributed by atoms with Gasteiger partial charge in [-0.3, -0.25) is 10.1 Å². The fourth-order valence-electron chi connectivity index (χ4n) is 1.76. The molecule has 0 spiro atoms. The molecular weight excluding hydrogens is 304 g/mol. The first-order valence-electron chi connectivity index (χ1n) is 6.63. The van der Waals surface area contributed by atoms with E-state index in [0.717, 1.165) is 16.9 Å². The number of thiazole rings is 1. The van der Waals surface area contributed by atoms with Crippen LogP contribution in [0.5, 0.6) is 5.75 Å². The summed E-state index contributed by atoms with van der Waals surface area (Å²) in [4.78, 5) is 27.7.